The quantitative estimate of drug-likeness (QED) is 0.884. The standard InChI is InChI=1S/C13H11BrN2O2/c1-9-7-12(15-8-11(9)14)16-13(17)5-4-10-3-2-6-18-10/h2-8H,1H3,(H,15,16,17)/b5-4+. The summed E-state index contributed by atoms with van der Waals surface area (Å²) < 4.78 is 5.99. The molecule has 1 N–H and O–H groups in total. The first-order valence-electron chi connectivity index (χ1n) is 5.30. The molecule has 2 rings (SSSR count). The van der Waals surface area contributed by atoms with Gasteiger partial charge in [0, 0.05) is 16.7 Å². The van der Waals surface area contributed by atoms with E-state index < -0.39 is 0 Å². The maximum Gasteiger partial charge on any atom is 0.249 e. The van der Waals surface area contributed by atoms with Gasteiger partial charge >= 0.3 is 0 Å². The minimum Gasteiger partial charge on any atom is -0.465 e. The lowest BCUT2D eigenvalue weighted by molar-refractivity contribution is -0.111. The van der Waals surface area contributed by atoms with Crippen molar-refractivity contribution in [2.24, 2.45) is 0 Å². The molecule has 4 nitrogen and oxygen atoms in total. The SMILES string of the molecule is Cc1cc(NC(=O)/C=C/c2ccco2)ncc1Br. The van der Waals surface area contributed by atoms with Crippen molar-refractivity contribution >= 4 is 33.7 Å². The summed E-state index contributed by atoms with van der Waals surface area (Å²) in [4.78, 5) is 15.7. The number of hydrogen-bond acceptors (Lipinski definition) is 3. The summed E-state index contributed by atoms with van der Waals surface area (Å²) in [5.41, 5.74) is 1.01. The molecule has 0 radical (unpaired) electrons. The van der Waals surface area contributed by atoms with Crippen LogP contribution >= 0.6 is 15.9 Å². The molecule has 0 aliphatic carbocycles. The number of amides is 1. The van der Waals surface area contributed by atoms with Gasteiger partial charge in [-0.3, -0.25) is 4.79 Å². The van der Waals surface area contributed by atoms with Crippen LogP contribution in [0.3, 0.4) is 0 Å². The average Bonchev–Trinajstić information content (AvgIpc) is 2.84. The molecular weight excluding hydrogens is 296 g/mol. The van der Waals surface area contributed by atoms with Crippen molar-refractivity contribution in [2.75, 3.05) is 5.32 Å². The Balaban J connectivity index is 2.01. The van der Waals surface area contributed by atoms with Crippen LogP contribution in [-0.4, -0.2) is 10.9 Å². The molecule has 2 heterocycles. The lowest BCUT2D eigenvalue weighted by Gasteiger charge is -2.03. The molecule has 0 saturated heterocycles. The predicted octanol–water partition coefficient (Wildman–Crippen LogP) is 3.40. The van der Waals surface area contributed by atoms with Crippen LogP contribution in [0.1, 0.15) is 11.3 Å². The molecule has 0 bridgehead atoms. The number of rotatable bonds is 3. The lowest BCUT2D eigenvalue weighted by atomic mass is 10.3. The van der Waals surface area contributed by atoms with Gasteiger partial charge in [-0.05, 0) is 52.7 Å². The molecule has 0 fully saturated rings. The van der Waals surface area contributed by atoms with Crippen LogP contribution in [0.2, 0.25) is 0 Å². The molecular formula is C13H11BrN2O2. The Hall–Kier alpha value is -1.88. The maximum absolute atomic E-state index is 11.6. The van der Waals surface area contributed by atoms with Gasteiger partial charge in [0.25, 0.3) is 0 Å². The Kier molecular flexibility index (Phi) is 3.94. The first-order chi connectivity index (χ1) is 8.65. The second kappa shape index (κ2) is 5.64. The summed E-state index contributed by atoms with van der Waals surface area (Å²) in [6.45, 7) is 1.93. The number of nitrogens with zero attached hydrogens (tertiary/aromatic N) is 1. The van der Waals surface area contributed by atoms with Gasteiger partial charge in [-0.1, -0.05) is 0 Å². The number of carbonyl (C=O) groups excluding carboxylic acids is 1. The molecule has 0 saturated carbocycles. The second-order valence-corrected chi connectivity index (χ2v) is 4.51. The predicted molar refractivity (Wildman–Crippen MR) is 73.0 cm³/mol. The zero-order valence-corrected chi connectivity index (χ0v) is 11.3. The van der Waals surface area contributed by atoms with Gasteiger partial charge in [-0.2, -0.15) is 0 Å². The van der Waals surface area contributed by atoms with Crippen molar-refractivity contribution in [1.82, 2.24) is 4.98 Å². The lowest BCUT2D eigenvalue weighted by Crippen LogP contribution is -2.09. The molecule has 0 atom stereocenters. The highest BCUT2D eigenvalue weighted by molar-refractivity contribution is 9.10. The minimum absolute atomic E-state index is 0.249. The molecule has 1 amide bonds. The Morgan fingerprint density at radius 1 is 1.56 bits per heavy atom. The van der Waals surface area contributed by atoms with E-state index in [9.17, 15) is 4.79 Å². The maximum atomic E-state index is 11.6. The van der Waals surface area contributed by atoms with Crippen LogP contribution in [0.5, 0.6) is 0 Å². The number of aromatic nitrogens is 1. The first kappa shape index (κ1) is 12.6. The van der Waals surface area contributed by atoms with Crippen LogP contribution in [-0.2, 0) is 4.79 Å². The van der Waals surface area contributed by atoms with Crippen molar-refractivity contribution in [1.29, 1.82) is 0 Å². The second-order valence-electron chi connectivity index (χ2n) is 3.66. The summed E-state index contributed by atoms with van der Waals surface area (Å²) in [5.74, 6) is 0.899. The van der Waals surface area contributed by atoms with Gasteiger partial charge in [-0.25, -0.2) is 4.98 Å². The van der Waals surface area contributed by atoms with Crippen molar-refractivity contribution in [2.45, 2.75) is 6.92 Å². The number of halogens is 1. The summed E-state index contributed by atoms with van der Waals surface area (Å²) in [5, 5.41) is 2.67. The monoisotopic (exact) mass is 306 g/mol. The fourth-order valence-corrected chi connectivity index (χ4v) is 1.54. The van der Waals surface area contributed by atoms with E-state index in [4.69, 9.17) is 4.42 Å². The van der Waals surface area contributed by atoms with Crippen LogP contribution in [0, 0.1) is 6.92 Å². The number of hydrogen-bond donors (Lipinski definition) is 1. The smallest absolute Gasteiger partial charge is 0.249 e. The van der Waals surface area contributed by atoms with Crippen LogP contribution in [0.15, 0.2) is 45.6 Å². The minimum atomic E-state index is -0.249. The van der Waals surface area contributed by atoms with Gasteiger partial charge in [0.1, 0.15) is 11.6 Å². The molecule has 0 aliphatic rings. The van der Waals surface area contributed by atoms with Crippen LogP contribution in [0.25, 0.3) is 6.08 Å². The van der Waals surface area contributed by atoms with Crippen molar-refractivity contribution in [3.05, 3.63) is 52.5 Å². The summed E-state index contributed by atoms with van der Waals surface area (Å²) in [6.07, 6.45) is 6.21. The van der Waals surface area contributed by atoms with E-state index in [1.165, 1.54) is 6.08 Å². The van der Waals surface area contributed by atoms with E-state index in [0.717, 1.165) is 10.0 Å². The van der Waals surface area contributed by atoms with Crippen molar-refractivity contribution < 1.29 is 9.21 Å². The highest BCUT2D eigenvalue weighted by Crippen LogP contribution is 2.17. The summed E-state index contributed by atoms with van der Waals surface area (Å²) in [7, 11) is 0. The fraction of sp³-hybridized carbons (Fsp3) is 0.0769. The van der Waals surface area contributed by atoms with E-state index in [-0.39, 0.29) is 5.91 Å². The third-order valence-corrected chi connectivity index (χ3v) is 3.07. The molecule has 0 spiro atoms. The third kappa shape index (κ3) is 3.30. The van der Waals surface area contributed by atoms with E-state index in [2.05, 4.69) is 26.2 Å². The first-order valence-corrected chi connectivity index (χ1v) is 6.09. The van der Waals surface area contributed by atoms with E-state index in [1.54, 1.807) is 36.7 Å². The summed E-state index contributed by atoms with van der Waals surface area (Å²) >= 11 is 3.35. The normalized spacial score (nSPS) is 10.8. The van der Waals surface area contributed by atoms with E-state index >= 15 is 0 Å². The zero-order chi connectivity index (χ0) is 13.0. The molecule has 2 aromatic rings. The molecule has 18 heavy (non-hydrogen) atoms. The highest BCUT2D eigenvalue weighted by Gasteiger charge is 2.02. The third-order valence-electron chi connectivity index (χ3n) is 2.24. The topological polar surface area (TPSA) is 55.1 Å². The van der Waals surface area contributed by atoms with Gasteiger partial charge in [0.15, 0.2) is 0 Å². The fourth-order valence-electron chi connectivity index (χ4n) is 1.32. The Morgan fingerprint density at radius 3 is 3.06 bits per heavy atom. The Bertz CT molecular complexity index is 577. The molecule has 92 valence electrons. The van der Waals surface area contributed by atoms with Crippen molar-refractivity contribution in [3.63, 3.8) is 0 Å². The van der Waals surface area contributed by atoms with Crippen molar-refractivity contribution in [3.8, 4) is 0 Å². The zero-order valence-electron chi connectivity index (χ0n) is 9.68. The molecule has 5 heteroatoms. The van der Waals surface area contributed by atoms with E-state index in [1.807, 2.05) is 6.92 Å². The highest BCUT2D eigenvalue weighted by atomic mass is 79.9. The molecule has 0 aromatic carbocycles. The number of pyridine rings is 1. The largest absolute Gasteiger partial charge is 0.465 e. The van der Waals surface area contributed by atoms with Gasteiger partial charge in [0.05, 0.1) is 6.26 Å². The average molecular weight is 307 g/mol. The Morgan fingerprint density at radius 2 is 2.39 bits per heavy atom. The number of furan rings is 1. The summed E-state index contributed by atoms with van der Waals surface area (Å²) in [6, 6.07) is 5.33. The van der Waals surface area contributed by atoms with Gasteiger partial charge < -0.3 is 9.73 Å². The number of nitrogens with one attached hydrogen (secondary N) is 1. The van der Waals surface area contributed by atoms with Crippen LogP contribution in [0.4, 0.5) is 5.82 Å². The Labute approximate surface area is 113 Å². The molecule has 0 aliphatic heterocycles. The van der Waals surface area contributed by atoms with Crippen LogP contribution < -0.4 is 5.32 Å². The number of carbonyl (C=O) groups is 1. The van der Waals surface area contributed by atoms with Gasteiger partial charge in [0.2, 0.25) is 5.91 Å². The molecule has 0 unspecified atom stereocenters. The molecule has 2 aromatic heterocycles. The number of aryl methyl sites for hydroxylation is 1. The van der Waals surface area contributed by atoms with E-state index in [0.29, 0.717) is 11.6 Å². The van der Waals surface area contributed by atoms with Gasteiger partial charge in [-0.15, -0.1) is 0 Å². The number of anilines is 1.